The van der Waals surface area contributed by atoms with Gasteiger partial charge in [-0.25, -0.2) is 4.79 Å². The van der Waals surface area contributed by atoms with Gasteiger partial charge >= 0.3 is 6.03 Å². The molecular formula is C19H25N3O4. The zero-order valence-electron chi connectivity index (χ0n) is 15.2. The normalized spacial score (nSPS) is 20.0. The molecule has 1 aliphatic heterocycles. The minimum absolute atomic E-state index is 0.272. The molecule has 0 aromatic heterocycles. The van der Waals surface area contributed by atoms with Crippen LogP contribution in [0.15, 0.2) is 24.3 Å². The third kappa shape index (κ3) is 3.38. The molecule has 1 saturated heterocycles. The van der Waals surface area contributed by atoms with Crippen molar-refractivity contribution >= 4 is 17.8 Å². The molecule has 1 unspecified atom stereocenters. The second kappa shape index (κ2) is 7.35. The third-order valence-electron chi connectivity index (χ3n) is 5.24. The highest BCUT2D eigenvalue weighted by Gasteiger charge is 2.51. The first-order valence-corrected chi connectivity index (χ1v) is 9.03. The van der Waals surface area contributed by atoms with E-state index in [4.69, 9.17) is 4.74 Å². The summed E-state index contributed by atoms with van der Waals surface area (Å²) < 4.78 is 5.31. The number of hydrogen-bond acceptors (Lipinski definition) is 4. The fourth-order valence-electron chi connectivity index (χ4n) is 3.85. The standard InChI is InChI=1S/C19H25N3O4/c1-13(14-8-4-5-9-15(14)26-2)20-16(23)12-22-17(24)19(21-18(22)25)10-6-3-7-11-19/h4-5,8-9,13H,3,6-7,10-12H2,1-2H3,(H,20,23)(H,21,25). The van der Waals surface area contributed by atoms with E-state index in [0.29, 0.717) is 18.6 Å². The lowest BCUT2D eigenvalue weighted by atomic mass is 9.82. The second-order valence-electron chi connectivity index (χ2n) is 7.00. The van der Waals surface area contributed by atoms with Gasteiger partial charge in [0.2, 0.25) is 5.91 Å². The van der Waals surface area contributed by atoms with Crippen LogP contribution >= 0.6 is 0 Å². The smallest absolute Gasteiger partial charge is 0.325 e. The average Bonchev–Trinajstić information content (AvgIpc) is 2.86. The van der Waals surface area contributed by atoms with Gasteiger partial charge in [-0.3, -0.25) is 14.5 Å². The molecule has 0 radical (unpaired) electrons. The Morgan fingerprint density at radius 3 is 2.65 bits per heavy atom. The maximum atomic E-state index is 12.7. The SMILES string of the molecule is COc1ccccc1C(C)NC(=O)CN1C(=O)NC2(CCCCC2)C1=O. The van der Waals surface area contributed by atoms with Gasteiger partial charge in [0.15, 0.2) is 0 Å². The van der Waals surface area contributed by atoms with Crippen molar-refractivity contribution < 1.29 is 19.1 Å². The van der Waals surface area contributed by atoms with Crippen molar-refractivity contribution in [1.29, 1.82) is 0 Å². The summed E-state index contributed by atoms with van der Waals surface area (Å²) in [4.78, 5) is 38.4. The monoisotopic (exact) mass is 359 g/mol. The molecule has 2 fully saturated rings. The van der Waals surface area contributed by atoms with Crippen LogP contribution in [0.5, 0.6) is 5.75 Å². The van der Waals surface area contributed by atoms with Crippen molar-refractivity contribution in [3.8, 4) is 5.75 Å². The number of para-hydroxylation sites is 1. The molecule has 7 nitrogen and oxygen atoms in total. The van der Waals surface area contributed by atoms with E-state index in [1.165, 1.54) is 0 Å². The number of ether oxygens (including phenoxy) is 1. The van der Waals surface area contributed by atoms with Gasteiger partial charge in [-0.1, -0.05) is 37.5 Å². The number of carbonyl (C=O) groups excluding carboxylic acids is 3. The molecule has 2 aliphatic rings. The first-order chi connectivity index (χ1) is 12.5. The summed E-state index contributed by atoms with van der Waals surface area (Å²) in [6.45, 7) is 1.57. The molecule has 2 N–H and O–H groups in total. The summed E-state index contributed by atoms with van der Waals surface area (Å²) in [5.41, 5.74) is 0.0356. The fourth-order valence-corrected chi connectivity index (χ4v) is 3.85. The Bertz CT molecular complexity index is 712. The number of benzene rings is 1. The van der Waals surface area contributed by atoms with Gasteiger partial charge in [0, 0.05) is 5.56 Å². The number of carbonyl (C=O) groups is 3. The van der Waals surface area contributed by atoms with Crippen LogP contribution in [0.1, 0.15) is 50.6 Å². The number of imide groups is 1. The van der Waals surface area contributed by atoms with Crippen LogP contribution in [0, 0.1) is 0 Å². The molecule has 26 heavy (non-hydrogen) atoms. The van der Waals surface area contributed by atoms with Crippen LogP contribution in [-0.2, 0) is 9.59 Å². The quantitative estimate of drug-likeness (QED) is 0.789. The molecule has 1 saturated carbocycles. The number of hydrogen-bond donors (Lipinski definition) is 2. The summed E-state index contributed by atoms with van der Waals surface area (Å²) in [6, 6.07) is 6.63. The van der Waals surface area contributed by atoms with Crippen LogP contribution in [0.2, 0.25) is 0 Å². The first-order valence-electron chi connectivity index (χ1n) is 9.03. The highest BCUT2D eigenvalue weighted by Crippen LogP contribution is 2.33. The largest absolute Gasteiger partial charge is 0.496 e. The molecule has 4 amide bonds. The van der Waals surface area contributed by atoms with E-state index < -0.39 is 11.6 Å². The Hall–Kier alpha value is -2.57. The van der Waals surface area contributed by atoms with E-state index in [1.807, 2.05) is 31.2 Å². The summed E-state index contributed by atoms with van der Waals surface area (Å²) in [5, 5.41) is 5.65. The summed E-state index contributed by atoms with van der Waals surface area (Å²) in [5.74, 6) is 0.0264. The van der Waals surface area contributed by atoms with E-state index in [1.54, 1.807) is 7.11 Å². The molecule has 1 aromatic carbocycles. The number of methoxy groups -OCH3 is 1. The van der Waals surface area contributed by atoms with Gasteiger partial charge in [0.1, 0.15) is 17.8 Å². The Morgan fingerprint density at radius 1 is 1.27 bits per heavy atom. The van der Waals surface area contributed by atoms with Crippen LogP contribution in [-0.4, -0.2) is 41.9 Å². The topological polar surface area (TPSA) is 87.7 Å². The number of amides is 4. The minimum Gasteiger partial charge on any atom is -0.496 e. The molecule has 1 atom stereocenters. The molecule has 1 heterocycles. The van der Waals surface area contributed by atoms with E-state index in [9.17, 15) is 14.4 Å². The minimum atomic E-state index is -0.802. The van der Waals surface area contributed by atoms with Gasteiger partial charge in [-0.15, -0.1) is 0 Å². The van der Waals surface area contributed by atoms with Gasteiger partial charge in [0.25, 0.3) is 5.91 Å². The van der Waals surface area contributed by atoms with Crippen molar-refractivity contribution in [2.45, 2.75) is 50.6 Å². The molecule has 1 aliphatic carbocycles. The molecular weight excluding hydrogens is 334 g/mol. The van der Waals surface area contributed by atoms with E-state index in [-0.39, 0.29) is 24.4 Å². The van der Waals surface area contributed by atoms with E-state index in [0.717, 1.165) is 29.7 Å². The Morgan fingerprint density at radius 2 is 1.96 bits per heavy atom. The van der Waals surface area contributed by atoms with Crippen LogP contribution in [0.25, 0.3) is 0 Å². The lowest BCUT2D eigenvalue weighted by molar-refractivity contribution is -0.136. The number of rotatable bonds is 5. The van der Waals surface area contributed by atoms with Crippen LogP contribution in [0.4, 0.5) is 4.79 Å². The number of nitrogens with one attached hydrogen (secondary N) is 2. The maximum absolute atomic E-state index is 12.7. The first kappa shape index (κ1) is 18.2. The lowest BCUT2D eigenvalue weighted by Gasteiger charge is -2.30. The Balaban J connectivity index is 1.64. The van der Waals surface area contributed by atoms with Gasteiger partial charge in [-0.2, -0.15) is 0 Å². The van der Waals surface area contributed by atoms with Crippen molar-refractivity contribution in [3.05, 3.63) is 29.8 Å². The van der Waals surface area contributed by atoms with E-state index in [2.05, 4.69) is 10.6 Å². The predicted molar refractivity (Wildman–Crippen MR) is 95.6 cm³/mol. The molecule has 7 heteroatoms. The molecule has 140 valence electrons. The Labute approximate surface area is 153 Å². The predicted octanol–water partition coefficient (Wildman–Crippen LogP) is 2.13. The molecule has 1 aromatic rings. The van der Waals surface area contributed by atoms with Gasteiger partial charge in [0.05, 0.1) is 13.2 Å². The Kier molecular flexibility index (Phi) is 5.15. The third-order valence-corrected chi connectivity index (χ3v) is 5.24. The van der Waals surface area contributed by atoms with Gasteiger partial charge in [-0.05, 0) is 25.8 Å². The summed E-state index contributed by atoms with van der Waals surface area (Å²) in [7, 11) is 1.57. The lowest BCUT2D eigenvalue weighted by Crippen LogP contribution is -2.49. The zero-order chi connectivity index (χ0) is 18.7. The zero-order valence-corrected chi connectivity index (χ0v) is 15.2. The van der Waals surface area contributed by atoms with E-state index >= 15 is 0 Å². The highest BCUT2D eigenvalue weighted by atomic mass is 16.5. The van der Waals surface area contributed by atoms with Crippen molar-refractivity contribution in [1.82, 2.24) is 15.5 Å². The maximum Gasteiger partial charge on any atom is 0.325 e. The van der Waals surface area contributed by atoms with Gasteiger partial charge < -0.3 is 15.4 Å². The molecule has 3 rings (SSSR count). The number of urea groups is 1. The van der Waals surface area contributed by atoms with Crippen molar-refractivity contribution in [2.75, 3.05) is 13.7 Å². The summed E-state index contributed by atoms with van der Waals surface area (Å²) >= 11 is 0. The molecule has 1 spiro atoms. The summed E-state index contributed by atoms with van der Waals surface area (Å²) in [6.07, 6.45) is 4.19. The highest BCUT2D eigenvalue weighted by molar-refractivity contribution is 6.09. The number of nitrogens with zero attached hydrogens (tertiary/aromatic N) is 1. The van der Waals surface area contributed by atoms with Crippen molar-refractivity contribution in [2.24, 2.45) is 0 Å². The fraction of sp³-hybridized carbons (Fsp3) is 0.526. The second-order valence-corrected chi connectivity index (χ2v) is 7.00. The molecule has 0 bridgehead atoms. The average molecular weight is 359 g/mol. The van der Waals surface area contributed by atoms with Crippen LogP contribution in [0.3, 0.4) is 0 Å². The van der Waals surface area contributed by atoms with Crippen molar-refractivity contribution in [3.63, 3.8) is 0 Å². The van der Waals surface area contributed by atoms with Crippen LogP contribution < -0.4 is 15.4 Å².